The van der Waals surface area contributed by atoms with Crippen molar-refractivity contribution in [3.05, 3.63) is 30.0 Å². The van der Waals surface area contributed by atoms with E-state index in [-0.39, 0.29) is 5.97 Å². The summed E-state index contributed by atoms with van der Waals surface area (Å²) in [6.45, 7) is 0. The fraction of sp³-hybridized carbons (Fsp3) is 0.308. The van der Waals surface area contributed by atoms with Crippen LogP contribution in [0.1, 0.15) is 12.0 Å². The Balaban J connectivity index is 2.34. The highest BCUT2D eigenvalue weighted by atomic mass is 16.5. The molecule has 0 aliphatic carbocycles. The number of benzene rings is 1. The Labute approximate surface area is 99.5 Å². The molecule has 2 aromatic rings. The van der Waals surface area contributed by atoms with Gasteiger partial charge in [0.05, 0.1) is 14.2 Å². The van der Waals surface area contributed by atoms with Gasteiger partial charge < -0.3 is 14.5 Å². The van der Waals surface area contributed by atoms with Gasteiger partial charge in [0.25, 0.3) is 0 Å². The average molecular weight is 233 g/mol. The van der Waals surface area contributed by atoms with E-state index in [1.54, 1.807) is 7.11 Å². The number of carbonyl (C=O) groups is 1. The molecule has 17 heavy (non-hydrogen) atoms. The van der Waals surface area contributed by atoms with Crippen LogP contribution in [0, 0.1) is 0 Å². The molecule has 1 aromatic carbocycles. The van der Waals surface area contributed by atoms with Crippen LogP contribution in [0.4, 0.5) is 0 Å². The lowest BCUT2D eigenvalue weighted by molar-refractivity contribution is -0.140. The lowest BCUT2D eigenvalue weighted by Crippen LogP contribution is -2.03. The summed E-state index contributed by atoms with van der Waals surface area (Å²) in [6.07, 6.45) is 2.86. The summed E-state index contributed by atoms with van der Waals surface area (Å²) in [5.41, 5.74) is 2.09. The standard InChI is InChI=1S/C13H15NO3/c1-16-12-5-4-11-9(7-8-14-11)10(12)3-6-13(15)17-2/h4-5,7-8,14H,3,6H2,1-2H3. The molecule has 0 amide bonds. The molecule has 0 fully saturated rings. The Bertz CT molecular complexity index is 530. The zero-order valence-electron chi connectivity index (χ0n) is 9.95. The third-order valence-corrected chi connectivity index (χ3v) is 2.83. The molecule has 1 aromatic heterocycles. The molecule has 0 saturated heterocycles. The van der Waals surface area contributed by atoms with Gasteiger partial charge in [-0.15, -0.1) is 0 Å². The van der Waals surface area contributed by atoms with Crippen molar-refractivity contribution in [1.29, 1.82) is 0 Å². The monoisotopic (exact) mass is 233 g/mol. The molecule has 4 nitrogen and oxygen atoms in total. The number of H-pyrrole nitrogens is 1. The number of methoxy groups -OCH3 is 2. The summed E-state index contributed by atoms with van der Waals surface area (Å²) in [5, 5.41) is 1.09. The minimum absolute atomic E-state index is 0.209. The van der Waals surface area contributed by atoms with Gasteiger partial charge in [-0.1, -0.05) is 0 Å². The minimum Gasteiger partial charge on any atom is -0.496 e. The van der Waals surface area contributed by atoms with Gasteiger partial charge in [-0.25, -0.2) is 0 Å². The highest BCUT2D eigenvalue weighted by Crippen LogP contribution is 2.28. The third-order valence-electron chi connectivity index (χ3n) is 2.83. The minimum atomic E-state index is -0.209. The number of hydrogen-bond donors (Lipinski definition) is 1. The lowest BCUT2D eigenvalue weighted by Gasteiger charge is -2.09. The maximum atomic E-state index is 11.2. The van der Waals surface area contributed by atoms with E-state index in [4.69, 9.17) is 4.74 Å². The van der Waals surface area contributed by atoms with Crippen LogP contribution < -0.4 is 4.74 Å². The summed E-state index contributed by atoms with van der Waals surface area (Å²) in [6, 6.07) is 5.87. The highest BCUT2D eigenvalue weighted by Gasteiger charge is 2.11. The van der Waals surface area contributed by atoms with Gasteiger partial charge in [-0.3, -0.25) is 4.79 Å². The van der Waals surface area contributed by atoms with E-state index >= 15 is 0 Å². The van der Waals surface area contributed by atoms with Crippen LogP contribution in [0.3, 0.4) is 0 Å². The van der Waals surface area contributed by atoms with Gasteiger partial charge in [-0.2, -0.15) is 0 Å². The maximum Gasteiger partial charge on any atom is 0.305 e. The number of fused-ring (bicyclic) bond motifs is 1. The lowest BCUT2D eigenvalue weighted by atomic mass is 10.0. The number of aromatic nitrogens is 1. The highest BCUT2D eigenvalue weighted by molar-refractivity contribution is 5.85. The molecular formula is C13H15NO3. The fourth-order valence-electron chi connectivity index (χ4n) is 1.95. The number of carbonyl (C=O) groups excluding carboxylic acids is 1. The smallest absolute Gasteiger partial charge is 0.305 e. The average Bonchev–Trinajstić information content (AvgIpc) is 2.83. The number of ether oxygens (including phenoxy) is 2. The number of aryl methyl sites for hydroxylation is 1. The number of hydrogen-bond acceptors (Lipinski definition) is 3. The first-order chi connectivity index (χ1) is 8.26. The predicted octanol–water partition coefficient (Wildman–Crippen LogP) is 2.28. The van der Waals surface area contributed by atoms with E-state index in [0.717, 1.165) is 22.2 Å². The van der Waals surface area contributed by atoms with Crippen LogP contribution >= 0.6 is 0 Å². The second-order valence-corrected chi connectivity index (χ2v) is 3.76. The number of rotatable bonds is 4. The summed E-state index contributed by atoms with van der Waals surface area (Å²) in [4.78, 5) is 14.3. The van der Waals surface area contributed by atoms with E-state index in [1.165, 1.54) is 7.11 Å². The molecule has 1 N–H and O–H groups in total. The van der Waals surface area contributed by atoms with Crippen molar-refractivity contribution >= 4 is 16.9 Å². The first-order valence-electron chi connectivity index (χ1n) is 5.46. The van der Waals surface area contributed by atoms with Crippen molar-refractivity contribution in [1.82, 2.24) is 4.98 Å². The number of nitrogens with one attached hydrogen (secondary N) is 1. The van der Waals surface area contributed by atoms with Crippen LogP contribution in [0.25, 0.3) is 10.9 Å². The van der Waals surface area contributed by atoms with Crippen LogP contribution in [-0.4, -0.2) is 25.2 Å². The molecule has 0 spiro atoms. The van der Waals surface area contributed by atoms with Gasteiger partial charge in [0.1, 0.15) is 5.75 Å². The van der Waals surface area contributed by atoms with Crippen molar-refractivity contribution in [2.75, 3.05) is 14.2 Å². The molecule has 0 aliphatic heterocycles. The molecule has 2 rings (SSSR count). The quantitative estimate of drug-likeness (QED) is 0.824. The van der Waals surface area contributed by atoms with Crippen LogP contribution in [0.2, 0.25) is 0 Å². The molecule has 0 aliphatic rings. The number of aromatic amines is 1. The van der Waals surface area contributed by atoms with Gasteiger partial charge in [-0.05, 0) is 24.6 Å². The molecule has 0 radical (unpaired) electrons. The third kappa shape index (κ3) is 2.25. The zero-order valence-corrected chi connectivity index (χ0v) is 9.95. The van der Waals surface area contributed by atoms with Gasteiger partial charge in [0.2, 0.25) is 0 Å². The molecule has 0 atom stereocenters. The summed E-state index contributed by atoms with van der Waals surface area (Å²) < 4.78 is 9.97. The van der Waals surface area contributed by atoms with Gasteiger partial charge >= 0.3 is 5.97 Å². The van der Waals surface area contributed by atoms with Gasteiger partial charge in [0, 0.05) is 29.1 Å². The normalized spacial score (nSPS) is 10.5. The van der Waals surface area contributed by atoms with E-state index in [1.807, 2.05) is 24.4 Å². The predicted molar refractivity (Wildman–Crippen MR) is 65.2 cm³/mol. The fourth-order valence-corrected chi connectivity index (χ4v) is 1.95. The summed E-state index contributed by atoms with van der Waals surface area (Å²) >= 11 is 0. The molecule has 4 heteroatoms. The van der Waals surface area contributed by atoms with Crippen molar-refractivity contribution in [2.45, 2.75) is 12.8 Å². The number of esters is 1. The first-order valence-corrected chi connectivity index (χ1v) is 5.46. The molecular weight excluding hydrogens is 218 g/mol. The zero-order chi connectivity index (χ0) is 12.3. The summed E-state index contributed by atoms with van der Waals surface area (Å²) in [5.74, 6) is 0.598. The van der Waals surface area contributed by atoms with E-state index in [9.17, 15) is 4.79 Å². The molecule has 90 valence electrons. The topological polar surface area (TPSA) is 51.3 Å². The molecule has 0 unspecified atom stereocenters. The van der Waals surface area contributed by atoms with Gasteiger partial charge in [0.15, 0.2) is 0 Å². The summed E-state index contributed by atoms with van der Waals surface area (Å²) in [7, 11) is 3.03. The Morgan fingerprint density at radius 3 is 2.82 bits per heavy atom. The van der Waals surface area contributed by atoms with Crippen LogP contribution in [0.5, 0.6) is 5.75 Å². The SMILES string of the molecule is COC(=O)CCc1c(OC)ccc2[nH]ccc12. The van der Waals surface area contributed by atoms with Crippen LogP contribution in [-0.2, 0) is 16.0 Å². The van der Waals surface area contributed by atoms with Crippen LogP contribution in [0.15, 0.2) is 24.4 Å². The molecule has 0 saturated carbocycles. The molecule has 0 bridgehead atoms. The maximum absolute atomic E-state index is 11.2. The van der Waals surface area contributed by atoms with Crippen molar-refractivity contribution in [2.24, 2.45) is 0 Å². The Morgan fingerprint density at radius 1 is 1.29 bits per heavy atom. The second-order valence-electron chi connectivity index (χ2n) is 3.76. The van der Waals surface area contributed by atoms with Crippen molar-refractivity contribution in [3.8, 4) is 5.75 Å². The Morgan fingerprint density at radius 2 is 2.12 bits per heavy atom. The van der Waals surface area contributed by atoms with E-state index in [2.05, 4.69) is 9.72 Å². The van der Waals surface area contributed by atoms with E-state index < -0.39 is 0 Å². The largest absolute Gasteiger partial charge is 0.496 e. The van der Waals surface area contributed by atoms with E-state index in [0.29, 0.717) is 12.8 Å². The second kappa shape index (κ2) is 4.91. The Hall–Kier alpha value is -1.97. The Kier molecular flexibility index (Phi) is 3.32. The van der Waals surface area contributed by atoms with Crippen molar-refractivity contribution in [3.63, 3.8) is 0 Å². The first kappa shape index (κ1) is 11.5. The van der Waals surface area contributed by atoms with Crippen molar-refractivity contribution < 1.29 is 14.3 Å². The molecule has 1 heterocycles.